The van der Waals surface area contributed by atoms with E-state index >= 15 is 0 Å². The molecule has 2 N–H and O–H groups in total. The molecule has 2 aromatic heterocycles. The van der Waals surface area contributed by atoms with Crippen molar-refractivity contribution in [2.24, 2.45) is 0 Å². The summed E-state index contributed by atoms with van der Waals surface area (Å²) >= 11 is 3.48. The lowest BCUT2D eigenvalue weighted by atomic mass is 10.1. The number of morpholine rings is 1. The summed E-state index contributed by atoms with van der Waals surface area (Å²) in [6.45, 7) is 9.54. The number of fused-ring (bicyclic) bond motifs is 1. The number of hydrogen-bond donors (Lipinski definition) is 1. The zero-order chi connectivity index (χ0) is 34.9. The Morgan fingerprint density at radius 2 is 1.82 bits per heavy atom. The fourth-order valence-corrected chi connectivity index (χ4v) is 6.77. The maximum absolute atomic E-state index is 14.2. The molecule has 1 amide bonds. The number of nitrogens with zero attached hydrogens (tertiary/aromatic N) is 4. The molecule has 0 atom stereocenters. The van der Waals surface area contributed by atoms with Crippen LogP contribution in [0.3, 0.4) is 0 Å². The van der Waals surface area contributed by atoms with Crippen molar-refractivity contribution in [2.45, 2.75) is 32.4 Å². The first-order chi connectivity index (χ1) is 23.4. The highest BCUT2D eigenvalue weighted by molar-refractivity contribution is 9.10. The molecule has 0 aliphatic carbocycles. The molecule has 0 saturated carbocycles. The summed E-state index contributed by atoms with van der Waals surface area (Å²) < 4.78 is 48.6. The van der Waals surface area contributed by atoms with Crippen LogP contribution >= 0.6 is 15.9 Å². The second kappa shape index (κ2) is 14.2. The summed E-state index contributed by atoms with van der Waals surface area (Å²) in [4.78, 5) is 29.2. The molecule has 0 spiro atoms. The van der Waals surface area contributed by atoms with E-state index in [4.69, 9.17) is 19.9 Å². The van der Waals surface area contributed by atoms with Crippen LogP contribution < -0.4 is 10.5 Å². The Morgan fingerprint density at radius 1 is 1.04 bits per heavy atom. The topological polar surface area (TPSA) is 114 Å². The van der Waals surface area contributed by atoms with E-state index in [1.807, 2.05) is 6.07 Å². The molecule has 256 valence electrons. The molecule has 3 aromatic carbocycles. The van der Waals surface area contributed by atoms with E-state index < -0.39 is 19.7 Å². The number of anilines is 1. The van der Waals surface area contributed by atoms with E-state index in [9.17, 15) is 18.4 Å². The first-order valence-corrected chi connectivity index (χ1v) is 20.3. The molecule has 14 heteroatoms. The van der Waals surface area contributed by atoms with Crippen LogP contribution in [0.15, 0.2) is 71.3 Å². The number of ketones is 1. The third-order valence-corrected chi connectivity index (χ3v) is 10.6. The first kappa shape index (κ1) is 34.5. The number of benzene rings is 3. The highest BCUT2D eigenvalue weighted by atomic mass is 79.9. The van der Waals surface area contributed by atoms with Gasteiger partial charge in [-0.2, -0.15) is 9.49 Å². The number of halogens is 3. The molecule has 1 fully saturated rings. The molecule has 0 bridgehead atoms. The minimum atomic E-state index is -1.35. The van der Waals surface area contributed by atoms with Crippen molar-refractivity contribution in [1.29, 1.82) is 0 Å². The van der Waals surface area contributed by atoms with E-state index in [0.29, 0.717) is 54.3 Å². The Bertz CT molecular complexity index is 2040. The SMILES string of the molecule is C[Si](C)(C)CCOCn1c(C(=O)c2cnn(-c3ccc(Oc4cccc(F)c4F)cc3Br)c2N)cc2cc(C(=O)N3CCOCC3)ccc21. The molecule has 5 aromatic rings. The summed E-state index contributed by atoms with van der Waals surface area (Å²) in [5, 5.41) is 5.12. The second-order valence-electron chi connectivity index (χ2n) is 12.9. The van der Waals surface area contributed by atoms with Gasteiger partial charge in [0, 0.05) is 43.2 Å². The third kappa shape index (κ3) is 7.47. The lowest BCUT2D eigenvalue weighted by Gasteiger charge is -2.26. The monoisotopic (exact) mass is 751 g/mol. The summed E-state index contributed by atoms with van der Waals surface area (Å²) in [7, 11) is -1.35. The number of aromatic nitrogens is 3. The van der Waals surface area contributed by atoms with E-state index in [0.717, 1.165) is 23.0 Å². The second-order valence-corrected chi connectivity index (χ2v) is 19.4. The molecule has 0 unspecified atom stereocenters. The number of nitrogens with two attached hydrogens (primary N) is 1. The van der Waals surface area contributed by atoms with Crippen LogP contribution in [-0.4, -0.2) is 71.9 Å². The van der Waals surface area contributed by atoms with Gasteiger partial charge in [-0.1, -0.05) is 25.7 Å². The third-order valence-electron chi connectivity index (χ3n) is 8.24. The Labute approximate surface area is 291 Å². The van der Waals surface area contributed by atoms with Crippen LogP contribution in [0.2, 0.25) is 25.7 Å². The van der Waals surface area contributed by atoms with Crippen LogP contribution in [0.5, 0.6) is 11.5 Å². The number of carbonyl (C=O) groups is 2. The zero-order valence-electron chi connectivity index (χ0n) is 27.3. The van der Waals surface area contributed by atoms with Crippen molar-refractivity contribution in [1.82, 2.24) is 19.2 Å². The van der Waals surface area contributed by atoms with E-state index in [2.05, 4.69) is 40.7 Å². The summed E-state index contributed by atoms with van der Waals surface area (Å²) in [6.07, 6.45) is 1.40. The van der Waals surface area contributed by atoms with E-state index in [-0.39, 0.29) is 41.3 Å². The molecule has 3 heterocycles. The average molecular weight is 753 g/mol. The maximum Gasteiger partial charge on any atom is 0.254 e. The Morgan fingerprint density at radius 3 is 2.55 bits per heavy atom. The predicted molar refractivity (Wildman–Crippen MR) is 188 cm³/mol. The minimum Gasteiger partial charge on any atom is -0.454 e. The number of nitrogen functional groups attached to an aromatic ring is 1. The standard InChI is InChI=1S/C35H36BrF2N5O5Si/c1-49(2,3)16-15-47-21-42-28-9-7-22(35(45)41-11-13-46-14-12-41)17-23(28)18-30(42)33(44)25-20-40-43(34(25)39)29-10-8-24(19-26(29)36)48-31-6-4-5-27(37)32(31)38/h4-10,17-20H,11-16,21,39H2,1-3H3. The van der Waals surface area contributed by atoms with Gasteiger partial charge in [-0.3, -0.25) is 9.59 Å². The highest BCUT2D eigenvalue weighted by Gasteiger charge is 2.25. The smallest absolute Gasteiger partial charge is 0.254 e. The van der Waals surface area contributed by atoms with Crippen LogP contribution in [0.1, 0.15) is 26.4 Å². The van der Waals surface area contributed by atoms with Gasteiger partial charge in [-0.25, -0.2) is 9.07 Å². The molecular formula is C35H36BrF2N5O5Si. The van der Waals surface area contributed by atoms with E-state index in [1.54, 1.807) is 45.9 Å². The number of amides is 1. The van der Waals surface area contributed by atoms with Crippen molar-refractivity contribution in [3.63, 3.8) is 0 Å². The number of carbonyl (C=O) groups excluding carboxylic acids is 2. The minimum absolute atomic E-state index is 0.0919. The molecule has 1 aliphatic heterocycles. The lowest BCUT2D eigenvalue weighted by Crippen LogP contribution is -2.40. The van der Waals surface area contributed by atoms with Crippen LogP contribution in [0.25, 0.3) is 16.6 Å². The molecule has 0 radical (unpaired) electrons. The normalized spacial score (nSPS) is 13.6. The maximum atomic E-state index is 14.2. The highest BCUT2D eigenvalue weighted by Crippen LogP contribution is 2.33. The fraction of sp³-hybridized carbons (Fsp3) is 0.286. The number of hydrogen-bond acceptors (Lipinski definition) is 7. The Kier molecular flexibility index (Phi) is 10.0. The van der Waals surface area contributed by atoms with Crippen molar-refractivity contribution in [3.8, 4) is 17.2 Å². The summed E-state index contributed by atoms with van der Waals surface area (Å²) in [5.74, 6) is -2.50. The molecule has 6 rings (SSSR count). The van der Waals surface area contributed by atoms with Gasteiger partial charge in [-0.15, -0.1) is 0 Å². The van der Waals surface area contributed by atoms with Crippen LogP contribution in [0, 0.1) is 11.6 Å². The molecule has 10 nitrogen and oxygen atoms in total. The number of ether oxygens (including phenoxy) is 3. The summed E-state index contributed by atoms with van der Waals surface area (Å²) in [6, 6.07) is 16.5. The van der Waals surface area contributed by atoms with Crippen LogP contribution in [0.4, 0.5) is 14.6 Å². The van der Waals surface area contributed by atoms with Crippen molar-refractivity contribution >= 4 is 52.4 Å². The molecular weight excluding hydrogens is 716 g/mol. The molecule has 49 heavy (non-hydrogen) atoms. The van der Waals surface area contributed by atoms with Crippen molar-refractivity contribution < 1.29 is 32.6 Å². The van der Waals surface area contributed by atoms with Gasteiger partial charge in [0.15, 0.2) is 11.6 Å². The largest absolute Gasteiger partial charge is 0.454 e. The Hall–Kier alpha value is -4.37. The van der Waals surface area contributed by atoms with Gasteiger partial charge < -0.3 is 29.4 Å². The van der Waals surface area contributed by atoms with Crippen LogP contribution in [-0.2, 0) is 16.2 Å². The van der Waals surface area contributed by atoms with Gasteiger partial charge in [0.1, 0.15) is 18.3 Å². The Balaban J connectivity index is 1.30. The quantitative estimate of drug-likeness (QED) is 0.0859. The van der Waals surface area contributed by atoms with Crippen molar-refractivity contribution in [3.05, 3.63) is 99.8 Å². The lowest BCUT2D eigenvalue weighted by molar-refractivity contribution is 0.0303. The first-order valence-electron chi connectivity index (χ1n) is 15.8. The van der Waals surface area contributed by atoms with Gasteiger partial charge in [0.25, 0.3) is 5.91 Å². The fourth-order valence-electron chi connectivity index (χ4n) is 5.49. The van der Waals surface area contributed by atoms with Gasteiger partial charge in [0.2, 0.25) is 11.6 Å². The van der Waals surface area contributed by atoms with Gasteiger partial charge >= 0.3 is 0 Å². The zero-order valence-corrected chi connectivity index (χ0v) is 29.9. The molecule has 1 saturated heterocycles. The van der Waals surface area contributed by atoms with E-state index in [1.165, 1.54) is 23.0 Å². The van der Waals surface area contributed by atoms with Gasteiger partial charge in [-0.05, 0) is 76.6 Å². The van der Waals surface area contributed by atoms with Gasteiger partial charge in [0.05, 0.1) is 41.9 Å². The predicted octanol–water partition coefficient (Wildman–Crippen LogP) is 7.26. The average Bonchev–Trinajstić information content (AvgIpc) is 3.64. The molecule has 1 aliphatic rings. The van der Waals surface area contributed by atoms with Crippen molar-refractivity contribution in [2.75, 3.05) is 38.6 Å². The number of rotatable bonds is 11. The summed E-state index contributed by atoms with van der Waals surface area (Å²) in [5.41, 5.74) is 8.81.